The first-order chi connectivity index (χ1) is 3.85. The van der Waals surface area contributed by atoms with Gasteiger partial charge in [0.15, 0.2) is 0 Å². The van der Waals surface area contributed by atoms with Gasteiger partial charge in [0.25, 0.3) is 0 Å². The van der Waals surface area contributed by atoms with Crippen LogP contribution >= 0.6 is 12.8 Å². The first-order valence-corrected chi connectivity index (χ1v) is 3.09. The second-order valence-corrected chi connectivity index (χ2v) is 1.86. The molecule has 0 aliphatic rings. The molecule has 0 aromatic heterocycles. The molecule has 8 heavy (non-hydrogen) atoms. The molecule has 3 heteroatoms. The Morgan fingerprint density at radius 3 is 2.62 bits per heavy atom. The zero-order valence-electron chi connectivity index (χ0n) is 4.89. The smallest absolute Gasteiger partial charge is 0.104 e. The molecule has 0 aromatic rings. The molecule has 0 saturated heterocycles. The molecular formula is C5H10N2S. The molecule has 0 amide bonds. The van der Waals surface area contributed by atoms with Crippen LogP contribution in [0.25, 0.3) is 0 Å². The maximum Gasteiger partial charge on any atom is 0.104 e. The van der Waals surface area contributed by atoms with Crippen LogP contribution in [0.15, 0.2) is 0 Å². The number of nitriles is 1. The molecule has 46 valence electrons. The summed E-state index contributed by atoms with van der Waals surface area (Å²) in [5.74, 6) is 0. The third-order valence-corrected chi connectivity index (χ3v) is 1.20. The topological polar surface area (TPSA) is 35.8 Å². The van der Waals surface area contributed by atoms with E-state index in [9.17, 15) is 0 Å². The van der Waals surface area contributed by atoms with E-state index in [1.807, 2.05) is 6.92 Å². The van der Waals surface area contributed by atoms with Crippen LogP contribution in [0.5, 0.6) is 0 Å². The molecule has 0 saturated carbocycles. The molecule has 0 bridgehead atoms. The van der Waals surface area contributed by atoms with Crippen LogP contribution in [0.1, 0.15) is 19.8 Å². The largest absolute Gasteiger partial charge is 0.250 e. The molecule has 0 fully saturated rings. The van der Waals surface area contributed by atoms with E-state index in [-0.39, 0.29) is 6.04 Å². The number of hydrogen-bond donors (Lipinski definition) is 2. The highest BCUT2D eigenvalue weighted by molar-refractivity contribution is 7.78. The standard InChI is InChI=1S/C5H10N2S/c1-2-3-5(4-6)7-8/h5,7-8H,2-3H2,1H3. The van der Waals surface area contributed by atoms with Gasteiger partial charge in [-0.3, -0.25) is 0 Å². The summed E-state index contributed by atoms with van der Waals surface area (Å²) in [5, 5.41) is 8.30. The van der Waals surface area contributed by atoms with E-state index in [2.05, 4.69) is 23.6 Å². The van der Waals surface area contributed by atoms with Crippen LogP contribution < -0.4 is 4.72 Å². The molecule has 1 N–H and O–H groups in total. The predicted molar refractivity (Wildman–Crippen MR) is 36.4 cm³/mol. The van der Waals surface area contributed by atoms with Gasteiger partial charge >= 0.3 is 0 Å². The Hall–Kier alpha value is -0.200. The third kappa shape index (κ3) is 2.89. The van der Waals surface area contributed by atoms with Gasteiger partial charge in [0.05, 0.1) is 6.07 Å². The SMILES string of the molecule is CCCC(C#N)NS. The Labute approximate surface area is 55.4 Å². The fraction of sp³-hybridized carbons (Fsp3) is 0.800. The van der Waals surface area contributed by atoms with Crippen molar-refractivity contribution < 1.29 is 0 Å². The van der Waals surface area contributed by atoms with E-state index < -0.39 is 0 Å². The minimum atomic E-state index is -0.0802. The minimum Gasteiger partial charge on any atom is -0.250 e. The van der Waals surface area contributed by atoms with Crippen LogP contribution in [0.3, 0.4) is 0 Å². The Morgan fingerprint density at radius 2 is 2.50 bits per heavy atom. The summed E-state index contributed by atoms with van der Waals surface area (Å²) in [4.78, 5) is 0. The van der Waals surface area contributed by atoms with Crippen LogP contribution in [-0.4, -0.2) is 6.04 Å². The Balaban J connectivity index is 3.26. The fourth-order valence-electron chi connectivity index (χ4n) is 0.447. The molecular weight excluding hydrogens is 120 g/mol. The second-order valence-electron chi connectivity index (χ2n) is 1.60. The zero-order chi connectivity index (χ0) is 6.41. The lowest BCUT2D eigenvalue weighted by Gasteiger charge is -2.01. The van der Waals surface area contributed by atoms with Crippen molar-refractivity contribution in [2.24, 2.45) is 0 Å². The Morgan fingerprint density at radius 1 is 1.88 bits per heavy atom. The lowest BCUT2D eigenvalue weighted by atomic mass is 10.2. The number of rotatable bonds is 3. The molecule has 1 atom stereocenters. The average Bonchev–Trinajstić information content (AvgIpc) is 1.83. The predicted octanol–water partition coefficient (Wildman–Crippen LogP) is 1.11. The summed E-state index contributed by atoms with van der Waals surface area (Å²) in [6.45, 7) is 2.04. The van der Waals surface area contributed by atoms with Crippen molar-refractivity contribution in [2.75, 3.05) is 0 Å². The summed E-state index contributed by atoms with van der Waals surface area (Å²) in [7, 11) is 0. The molecule has 0 aliphatic heterocycles. The van der Waals surface area contributed by atoms with Gasteiger partial charge in [-0.1, -0.05) is 26.2 Å². The summed E-state index contributed by atoms with van der Waals surface area (Å²) in [6.07, 6.45) is 1.89. The molecule has 0 spiro atoms. The van der Waals surface area contributed by atoms with Gasteiger partial charge in [-0.15, -0.1) is 0 Å². The highest BCUT2D eigenvalue weighted by Crippen LogP contribution is 1.93. The van der Waals surface area contributed by atoms with Gasteiger partial charge in [0, 0.05) is 0 Å². The molecule has 0 aromatic carbocycles. The second kappa shape index (κ2) is 4.95. The maximum atomic E-state index is 8.30. The first kappa shape index (κ1) is 7.80. The van der Waals surface area contributed by atoms with E-state index in [0.29, 0.717) is 0 Å². The summed E-state index contributed by atoms with van der Waals surface area (Å²) in [5.41, 5.74) is 0. The van der Waals surface area contributed by atoms with Crippen LogP contribution in [0.4, 0.5) is 0 Å². The fourth-order valence-corrected chi connectivity index (χ4v) is 0.633. The van der Waals surface area contributed by atoms with E-state index in [1.165, 1.54) is 0 Å². The third-order valence-electron chi connectivity index (χ3n) is 0.889. The molecule has 0 rings (SSSR count). The summed E-state index contributed by atoms with van der Waals surface area (Å²) < 4.78 is 2.59. The van der Waals surface area contributed by atoms with Crippen molar-refractivity contribution in [1.82, 2.24) is 4.72 Å². The van der Waals surface area contributed by atoms with Crippen LogP contribution in [0, 0.1) is 11.3 Å². The van der Waals surface area contributed by atoms with Gasteiger partial charge < -0.3 is 0 Å². The molecule has 0 aliphatic carbocycles. The number of thiol groups is 1. The van der Waals surface area contributed by atoms with Crippen molar-refractivity contribution in [3.63, 3.8) is 0 Å². The average molecular weight is 130 g/mol. The number of nitrogens with one attached hydrogen (secondary N) is 1. The number of nitrogens with zero attached hydrogens (tertiary/aromatic N) is 1. The van der Waals surface area contributed by atoms with Crippen molar-refractivity contribution in [3.05, 3.63) is 0 Å². The molecule has 2 nitrogen and oxygen atoms in total. The summed E-state index contributed by atoms with van der Waals surface area (Å²) in [6, 6.07) is 1.98. The van der Waals surface area contributed by atoms with E-state index >= 15 is 0 Å². The van der Waals surface area contributed by atoms with Gasteiger partial charge in [0.1, 0.15) is 6.04 Å². The van der Waals surface area contributed by atoms with Gasteiger partial charge in [-0.2, -0.15) is 5.26 Å². The van der Waals surface area contributed by atoms with Crippen molar-refractivity contribution in [1.29, 1.82) is 5.26 Å². The molecule has 0 heterocycles. The van der Waals surface area contributed by atoms with E-state index in [0.717, 1.165) is 12.8 Å². The number of hydrogen-bond acceptors (Lipinski definition) is 3. The van der Waals surface area contributed by atoms with Crippen molar-refractivity contribution in [3.8, 4) is 6.07 Å². The highest BCUT2D eigenvalue weighted by atomic mass is 32.1. The lowest BCUT2D eigenvalue weighted by Crippen LogP contribution is -2.17. The maximum absolute atomic E-state index is 8.30. The highest BCUT2D eigenvalue weighted by Gasteiger charge is 1.99. The van der Waals surface area contributed by atoms with Gasteiger partial charge in [0.2, 0.25) is 0 Å². The summed E-state index contributed by atoms with van der Waals surface area (Å²) >= 11 is 3.76. The van der Waals surface area contributed by atoms with E-state index in [1.54, 1.807) is 0 Å². The van der Waals surface area contributed by atoms with Crippen LogP contribution in [-0.2, 0) is 0 Å². The van der Waals surface area contributed by atoms with Crippen molar-refractivity contribution >= 4 is 12.8 Å². The monoisotopic (exact) mass is 130 g/mol. The van der Waals surface area contributed by atoms with Crippen LogP contribution in [0.2, 0.25) is 0 Å². The zero-order valence-corrected chi connectivity index (χ0v) is 5.78. The van der Waals surface area contributed by atoms with Gasteiger partial charge in [-0.25, -0.2) is 4.72 Å². The van der Waals surface area contributed by atoms with Gasteiger partial charge in [-0.05, 0) is 6.42 Å². The first-order valence-electron chi connectivity index (χ1n) is 2.64. The molecule has 0 radical (unpaired) electrons. The minimum absolute atomic E-state index is 0.0802. The molecule has 1 unspecified atom stereocenters. The quantitative estimate of drug-likeness (QED) is 0.561. The van der Waals surface area contributed by atoms with E-state index in [4.69, 9.17) is 5.26 Å². The Bertz CT molecular complexity index is 86.9. The normalized spacial score (nSPS) is 12.6. The van der Waals surface area contributed by atoms with Crippen molar-refractivity contribution in [2.45, 2.75) is 25.8 Å². The Kier molecular flexibility index (Phi) is 4.82. The lowest BCUT2D eigenvalue weighted by molar-refractivity contribution is 0.681.